The lowest BCUT2D eigenvalue weighted by Crippen LogP contribution is -2.15. The van der Waals surface area contributed by atoms with Crippen LogP contribution in [0.2, 0.25) is 0 Å². The molecule has 0 saturated carbocycles. The molecule has 0 fully saturated rings. The molecule has 92 valence electrons. The number of halogens is 1. The molecule has 0 amide bonds. The summed E-state index contributed by atoms with van der Waals surface area (Å²) >= 11 is 0. The second kappa shape index (κ2) is 4.14. The number of nitrogens with two attached hydrogens (primary N) is 1. The predicted molar refractivity (Wildman–Crippen MR) is 64.7 cm³/mol. The molecule has 0 radical (unpaired) electrons. The molecule has 1 atom stereocenters. The normalized spacial score (nSPS) is 17.1. The third kappa shape index (κ3) is 1.81. The molecule has 1 aliphatic heterocycles. The molecule has 3 rings (SSSR count). The van der Waals surface area contributed by atoms with E-state index < -0.39 is 5.82 Å². The lowest BCUT2D eigenvalue weighted by Gasteiger charge is -2.12. The van der Waals surface area contributed by atoms with E-state index in [4.69, 9.17) is 10.5 Å². The van der Waals surface area contributed by atoms with Gasteiger partial charge in [-0.3, -0.25) is 0 Å². The van der Waals surface area contributed by atoms with E-state index >= 15 is 0 Å². The first-order chi connectivity index (χ1) is 8.74. The first kappa shape index (κ1) is 10.8. The summed E-state index contributed by atoms with van der Waals surface area (Å²) < 4.78 is 19.0. The highest BCUT2D eigenvalue weighted by Crippen LogP contribution is 2.34. The quantitative estimate of drug-likeness (QED) is 0.844. The zero-order valence-corrected chi connectivity index (χ0v) is 9.43. The summed E-state index contributed by atoms with van der Waals surface area (Å²) in [6, 6.07) is 7.48. The fourth-order valence-corrected chi connectivity index (χ4v) is 1.93. The topological polar surface area (TPSA) is 73.1 Å². The molecule has 0 saturated heterocycles. The highest BCUT2D eigenvalue weighted by Gasteiger charge is 2.24. The summed E-state index contributed by atoms with van der Waals surface area (Å²) in [5.41, 5.74) is 6.42. The zero-order chi connectivity index (χ0) is 12.5. The van der Waals surface area contributed by atoms with Crippen LogP contribution >= 0.6 is 0 Å². The number of hydrogen-bond acceptors (Lipinski definition) is 5. The van der Waals surface area contributed by atoms with Crippen LogP contribution in [0.3, 0.4) is 0 Å². The summed E-state index contributed by atoms with van der Waals surface area (Å²) in [5.74, 6) is 0.393. The Labute approximate surface area is 103 Å². The Hall–Kier alpha value is -2.37. The van der Waals surface area contributed by atoms with Crippen LogP contribution in [0.4, 0.5) is 16.2 Å². The Morgan fingerprint density at radius 1 is 1.39 bits per heavy atom. The van der Waals surface area contributed by atoms with Crippen LogP contribution in [0.5, 0.6) is 5.75 Å². The number of nitrogens with one attached hydrogen (secondary N) is 1. The third-order valence-electron chi connectivity index (χ3n) is 2.77. The number of anilines is 2. The molecule has 1 aromatic heterocycles. The molecule has 1 aliphatic rings. The fourth-order valence-electron chi connectivity index (χ4n) is 1.93. The number of rotatable bonds is 2. The van der Waals surface area contributed by atoms with Crippen molar-refractivity contribution < 1.29 is 9.13 Å². The minimum atomic E-state index is -0.534. The molecule has 5 nitrogen and oxygen atoms in total. The highest BCUT2D eigenvalue weighted by atomic mass is 19.1. The molecule has 3 N–H and O–H groups in total. The molecule has 1 unspecified atom stereocenters. The average molecular weight is 246 g/mol. The number of para-hydroxylation sites is 1. The SMILES string of the molecule is Nc1ncc(F)c(NC2COc3ccccc32)n1. The number of nitrogens with zero attached hydrogens (tertiary/aromatic N) is 2. The Kier molecular flexibility index (Phi) is 2.47. The van der Waals surface area contributed by atoms with Crippen LogP contribution < -0.4 is 15.8 Å². The van der Waals surface area contributed by atoms with Gasteiger partial charge in [0.1, 0.15) is 12.4 Å². The first-order valence-corrected chi connectivity index (χ1v) is 5.50. The van der Waals surface area contributed by atoms with Gasteiger partial charge in [0, 0.05) is 5.56 Å². The van der Waals surface area contributed by atoms with Crippen molar-refractivity contribution in [2.24, 2.45) is 0 Å². The Bertz CT molecular complexity index is 590. The molecule has 1 aromatic carbocycles. The van der Waals surface area contributed by atoms with Crippen molar-refractivity contribution in [3.05, 3.63) is 41.8 Å². The molecule has 6 heteroatoms. The second-order valence-corrected chi connectivity index (χ2v) is 3.97. The highest BCUT2D eigenvalue weighted by molar-refractivity contribution is 5.47. The van der Waals surface area contributed by atoms with E-state index in [1.165, 1.54) is 0 Å². The molecular weight excluding hydrogens is 235 g/mol. The van der Waals surface area contributed by atoms with E-state index in [2.05, 4.69) is 15.3 Å². The van der Waals surface area contributed by atoms with Crippen molar-refractivity contribution in [2.75, 3.05) is 17.7 Å². The summed E-state index contributed by atoms with van der Waals surface area (Å²) in [5, 5.41) is 2.98. The summed E-state index contributed by atoms with van der Waals surface area (Å²) in [7, 11) is 0. The smallest absolute Gasteiger partial charge is 0.222 e. The fraction of sp³-hybridized carbons (Fsp3) is 0.167. The Morgan fingerprint density at radius 2 is 2.22 bits per heavy atom. The standard InChI is InChI=1S/C12H11FN4O/c13-8-5-15-12(14)17-11(8)16-9-6-18-10-4-2-1-3-7(9)10/h1-5,9H,6H2,(H3,14,15,16,17). The molecule has 2 aromatic rings. The van der Waals surface area contributed by atoms with Gasteiger partial charge in [0.25, 0.3) is 0 Å². The van der Waals surface area contributed by atoms with Crippen LogP contribution in [0.1, 0.15) is 11.6 Å². The Morgan fingerprint density at radius 3 is 3.11 bits per heavy atom. The van der Waals surface area contributed by atoms with Gasteiger partial charge in [0.15, 0.2) is 11.6 Å². The van der Waals surface area contributed by atoms with Crippen LogP contribution in [-0.2, 0) is 0 Å². The maximum absolute atomic E-state index is 13.5. The van der Waals surface area contributed by atoms with Gasteiger partial charge in [-0.25, -0.2) is 9.37 Å². The molecule has 18 heavy (non-hydrogen) atoms. The van der Waals surface area contributed by atoms with E-state index in [0.717, 1.165) is 17.5 Å². The largest absolute Gasteiger partial charge is 0.491 e. The van der Waals surface area contributed by atoms with Crippen molar-refractivity contribution in [3.8, 4) is 5.75 Å². The number of nitrogen functional groups attached to an aromatic ring is 1. The number of ether oxygens (including phenoxy) is 1. The number of hydrogen-bond donors (Lipinski definition) is 2. The molecular formula is C12H11FN4O. The van der Waals surface area contributed by atoms with Gasteiger partial charge in [0.05, 0.1) is 12.2 Å². The lowest BCUT2D eigenvalue weighted by atomic mass is 10.1. The van der Waals surface area contributed by atoms with E-state index in [9.17, 15) is 4.39 Å². The first-order valence-electron chi connectivity index (χ1n) is 5.50. The van der Waals surface area contributed by atoms with Crippen LogP contribution in [0, 0.1) is 5.82 Å². The van der Waals surface area contributed by atoms with Gasteiger partial charge in [-0.05, 0) is 6.07 Å². The van der Waals surface area contributed by atoms with Gasteiger partial charge < -0.3 is 15.8 Å². The molecule has 2 heterocycles. The third-order valence-corrected chi connectivity index (χ3v) is 2.77. The average Bonchev–Trinajstić information content (AvgIpc) is 2.78. The van der Waals surface area contributed by atoms with Crippen molar-refractivity contribution in [2.45, 2.75) is 6.04 Å². The van der Waals surface area contributed by atoms with Gasteiger partial charge in [-0.1, -0.05) is 18.2 Å². The minimum absolute atomic E-state index is 0.0334. The van der Waals surface area contributed by atoms with Gasteiger partial charge in [-0.15, -0.1) is 0 Å². The number of fused-ring (bicyclic) bond motifs is 1. The van der Waals surface area contributed by atoms with Crippen molar-refractivity contribution in [1.29, 1.82) is 0 Å². The summed E-state index contributed by atoms with van der Waals surface area (Å²) in [6.07, 6.45) is 1.05. The van der Waals surface area contributed by atoms with Crippen molar-refractivity contribution >= 4 is 11.8 Å². The van der Waals surface area contributed by atoms with Gasteiger partial charge in [0.2, 0.25) is 5.95 Å². The van der Waals surface area contributed by atoms with Gasteiger partial charge >= 0.3 is 0 Å². The number of benzene rings is 1. The molecule has 0 bridgehead atoms. The maximum atomic E-state index is 13.5. The number of aromatic nitrogens is 2. The van der Waals surface area contributed by atoms with Crippen LogP contribution in [0.25, 0.3) is 0 Å². The zero-order valence-electron chi connectivity index (χ0n) is 9.43. The van der Waals surface area contributed by atoms with E-state index in [1.807, 2.05) is 24.3 Å². The van der Waals surface area contributed by atoms with Crippen molar-refractivity contribution in [3.63, 3.8) is 0 Å². The van der Waals surface area contributed by atoms with E-state index in [0.29, 0.717) is 6.61 Å². The Balaban J connectivity index is 1.88. The lowest BCUT2D eigenvalue weighted by molar-refractivity contribution is 0.339. The van der Waals surface area contributed by atoms with Gasteiger partial charge in [-0.2, -0.15) is 4.98 Å². The second-order valence-electron chi connectivity index (χ2n) is 3.97. The summed E-state index contributed by atoms with van der Waals surface area (Å²) in [6.45, 7) is 0.433. The monoisotopic (exact) mass is 246 g/mol. The molecule has 0 aliphatic carbocycles. The van der Waals surface area contributed by atoms with E-state index in [-0.39, 0.29) is 17.8 Å². The predicted octanol–water partition coefficient (Wildman–Crippen LogP) is 1.74. The van der Waals surface area contributed by atoms with E-state index in [1.54, 1.807) is 0 Å². The molecule has 0 spiro atoms. The summed E-state index contributed by atoms with van der Waals surface area (Å²) in [4.78, 5) is 7.41. The van der Waals surface area contributed by atoms with Crippen molar-refractivity contribution in [1.82, 2.24) is 9.97 Å². The maximum Gasteiger partial charge on any atom is 0.222 e. The van der Waals surface area contributed by atoms with Crippen LogP contribution in [-0.4, -0.2) is 16.6 Å². The minimum Gasteiger partial charge on any atom is -0.491 e. The van der Waals surface area contributed by atoms with Crippen LogP contribution in [0.15, 0.2) is 30.5 Å².